The Balaban J connectivity index is 2.05. The van der Waals surface area contributed by atoms with E-state index in [0.29, 0.717) is 18.2 Å². The van der Waals surface area contributed by atoms with Gasteiger partial charge in [0.05, 0.1) is 6.67 Å². The average molecular weight is 257 g/mol. The van der Waals surface area contributed by atoms with Gasteiger partial charge < -0.3 is 30.9 Å². The van der Waals surface area contributed by atoms with Gasteiger partial charge in [0.25, 0.3) is 5.56 Å². The maximum atomic E-state index is 11.5. The van der Waals surface area contributed by atoms with Crippen molar-refractivity contribution >= 4 is 17.5 Å². The predicted molar refractivity (Wildman–Crippen MR) is 63.9 cm³/mol. The van der Waals surface area contributed by atoms with Crippen molar-refractivity contribution in [3.05, 3.63) is 10.4 Å². The van der Waals surface area contributed by atoms with Gasteiger partial charge in [-0.25, -0.2) is 0 Å². The zero-order valence-electron chi connectivity index (χ0n) is 9.59. The highest BCUT2D eigenvalue weighted by Crippen LogP contribution is 2.25. The predicted octanol–water partition coefficient (Wildman–Crippen LogP) is -1.78. The monoisotopic (exact) mass is 257 g/mol. The molecule has 9 heteroatoms. The van der Waals surface area contributed by atoms with Crippen molar-refractivity contribution in [3.63, 3.8) is 0 Å². The van der Waals surface area contributed by atoms with E-state index in [1.165, 1.54) is 0 Å². The topological polar surface area (TPSA) is 137 Å². The highest BCUT2D eigenvalue weighted by molar-refractivity contribution is 5.70. The Bertz CT molecular complexity index is 477. The minimum Gasteiger partial charge on any atom is -0.396 e. The number of nitrogens with two attached hydrogens (primary N) is 1. The molecule has 0 amide bonds. The van der Waals surface area contributed by atoms with Gasteiger partial charge in [0, 0.05) is 13.0 Å². The second kappa shape index (κ2) is 5.21. The van der Waals surface area contributed by atoms with E-state index < -0.39 is 6.29 Å². The minimum atomic E-state index is -1.06. The van der Waals surface area contributed by atoms with Crippen LogP contribution in [0.4, 0.5) is 17.5 Å². The molecule has 9 nitrogen and oxygen atoms in total. The molecule has 0 saturated carbocycles. The van der Waals surface area contributed by atoms with Crippen LogP contribution in [-0.2, 0) is 4.74 Å². The summed E-state index contributed by atoms with van der Waals surface area (Å²) < 4.78 is 5.09. The molecule has 1 aromatic rings. The van der Waals surface area contributed by atoms with Gasteiger partial charge in [0.2, 0.25) is 5.95 Å². The Morgan fingerprint density at radius 1 is 1.61 bits per heavy atom. The van der Waals surface area contributed by atoms with Gasteiger partial charge in [-0.3, -0.25) is 9.78 Å². The molecule has 1 aromatic heterocycles. The van der Waals surface area contributed by atoms with Gasteiger partial charge in [-0.2, -0.15) is 4.98 Å². The van der Waals surface area contributed by atoms with E-state index in [2.05, 4.69) is 15.3 Å². The fourth-order valence-electron chi connectivity index (χ4n) is 1.59. The summed E-state index contributed by atoms with van der Waals surface area (Å²) in [4.78, 5) is 19.5. The quantitative estimate of drug-likeness (QED) is 0.390. The molecule has 0 radical (unpaired) electrons. The van der Waals surface area contributed by atoms with Crippen molar-refractivity contribution in [2.24, 2.45) is 0 Å². The van der Waals surface area contributed by atoms with Gasteiger partial charge in [-0.15, -0.1) is 0 Å². The molecule has 0 aromatic carbocycles. The smallest absolute Gasteiger partial charge is 0.277 e. The molecule has 1 atom stereocenters. The molecule has 100 valence electrons. The Hall–Kier alpha value is -1.84. The highest BCUT2D eigenvalue weighted by atomic mass is 16.6. The maximum Gasteiger partial charge on any atom is 0.277 e. The third-order valence-corrected chi connectivity index (χ3v) is 2.46. The first-order chi connectivity index (χ1) is 8.61. The molecule has 1 unspecified atom stereocenters. The van der Waals surface area contributed by atoms with Gasteiger partial charge in [0.1, 0.15) is 12.4 Å². The van der Waals surface area contributed by atoms with Crippen LogP contribution in [0.2, 0.25) is 0 Å². The second-order valence-electron chi connectivity index (χ2n) is 3.79. The van der Waals surface area contributed by atoms with Crippen LogP contribution < -0.4 is 21.5 Å². The summed E-state index contributed by atoms with van der Waals surface area (Å²) >= 11 is 0. The lowest BCUT2D eigenvalue weighted by atomic mass is 10.4. The summed E-state index contributed by atoms with van der Waals surface area (Å²) in [6.07, 6.45) is -0.933. The maximum absolute atomic E-state index is 11.5. The van der Waals surface area contributed by atoms with Gasteiger partial charge in [-0.05, 0) is 0 Å². The number of hydrogen-bond acceptors (Lipinski definition) is 8. The summed E-state index contributed by atoms with van der Waals surface area (Å²) in [5, 5.41) is 20.8. The number of aliphatic hydroxyl groups excluding tert-OH is 2. The summed E-state index contributed by atoms with van der Waals surface area (Å²) in [7, 11) is 0. The molecular formula is C9H15N5O4. The van der Waals surface area contributed by atoms with E-state index >= 15 is 0 Å². The van der Waals surface area contributed by atoms with Crippen molar-refractivity contribution < 1.29 is 14.9 Å². The lowest BCUT2D eigenvalue weighted by molar-refractivity contribution is -0.108. The Kier molecular flexibility index (Phi) is 3.65. The zero-order valence-corrected chi connectivity index (χ0v) is 9.59. The standard InChI is InChI=1S/C9H15N5O4/c10-9-12-7-6(8(17)13-9)11-3-14(7)4-18-5(16)1-2-15/h5,11,15-16H,1-4H2,(H3,10,12,13,17). The molecule has 0 aliphatic carbocycles. The first kappa shape index (κ1) is 12.6. The third kappa shape index (κ3) is 2.53. The van der Waals surface area contributed by atoms with Crippen LogP contribution in [0.1, 0.15) is 6.42 Å². The number of fused-ring (bicyclic) bond motifs is 1. The molecule has 1 aliphatic rings. The van der Waals surface area contributed by atoms with E-state index in [1.54, 1.807) is 4.90 Å². The fraction of sp³-hybridized carbons (Fsp3) is 0.556. The van der Waals surface area contributed by atoms with Crippen LogP contribution in [0.15, 0.2) is 4.79 Å². The van der Waals surface area contributed by atoms with E-state index in [9.17, 15) is 9.90 Å². The van der Waals surface area contributed by atoms with Crippen molar-refractivity contribution in [1.82, 2.24) is 9.97 Å². The molecule has 2 rings (SSSR count). The van der Waals surface area contributed by atoms with E-state index in [-0.39, 0.29) is 31.3 Å². The lowest BCUT2D eigenvalue weighted by Crippen LogP contribution is -2.30. The molecule has 0 spiro atoms. The number of aliphatic hydroxyl groups is 2. The molecule has 0 bridgehead atoms. The highest BCUT2D eigenvalue weighted by Gasteiger charge is 2.24. The number of ether oxygens (including phenoxy) is 1. The van der Waals surface area contributed by atoms with E-state index in [4.69, 9.17) is 15.6 Å². The van der Waals surface area contributed by atoms with Gasteiger partial charge in [0.15, 0.2) is 12.1 Å². The molecule has 18 heavy (non-hydrogen) atoms. The van der Waals surface area contributed by atoms with Crippen LogP contribution >= 0.6 is 0 Å². The first-order valence-corrected chi connectivity index (χ1v) is 5.41. The van der Waals surface area contributed by atoms with Crippen molar-refractivity contribution in [3.8, 4) is 0 Å². The molecule has 1 aliphatic heterocycles. The normalized spacial score (nSPS) is 15.3. The number of nitrogen functional groups attached to an aromatic ring is 1. The van der Waals surface area contributed by atoms with Crippen LogP contribution in [0, 0.1) is 0 Å². The Morgan fingerprint density at radius 2 is 2.39 bits per heavy atom. The van der Waals surface area contributed by atoms with E-state index in [0.717, 1.165) is 0 Å². The molecular weight excluding hydrogens is 242 g/mol. The second-order valence-corrected chi connectivity index (χ2v) is 3.79. The number of aromatic nitrogens is 2. The lowest BCUT2D eigenvalue weighted by Gasteiger charge is -2.19. The van der Waals surface area contributed by atoms with Crippen LogP contribution in [0.5, 0.6) is 0 Å². The van der Waals surface area contributed by atoms with Gasteiger partial charge >= 0.3 is 0 Å². The fourth-order valence-corrected chi connectivity index (χ4v) is 1.59. The molecule has 2 heterocycles. The number of H-pyrrole nitrogens is 1. The van der Waals surface area contributed by atoms with Crippen molar-refractivity contribution in [1.29, 1.82) is 0 Å². The Labute approximate surface area is 102 Å². The first-order valence-electron chi connectivity index (χ1n) is 5.41. The van der Waals surface area contributed by atoms with Crippen LogP contribution in [-0.4, -0.2) is 46.5 Å². The number of rotatable bonds is 5. The average Bonchev–Trinajstić information content (AvgIpc) is 2.70. The van der Waals surface area contributed by atoms with Crippen molar-refractivity contribution in [2.45, 2.75) is 12.7 Å². The molecule has 0 fully saturated rings. The number of nitrogens with one attached hydrogen (secondary N) is 2. The number of nitrogens with zero attached hydrogens (tertiary/aromatic N) is 2. The van der Waals surface area contributed by atoms with Crippen molar-refractivity contribution in [2.75, 3.05) is 36.0 Å². The molecule has 0 saturated heterocycles. The summed E-state index contributed by atoms with van der Waals surface area (Å²) in [6, 6.07) is 0. The Morgan fingerprint density at radius 3 is 3.11 bits per heavy atom. The number of aromatic amines is 1. The summed E-state index contributed by atoms with van der Waals surface area (Å²) in [5.41, 5.74) is 5.43. The minimum absolute atomic E-state index is 0.0170. The van der Waals surface area contributed by atoms with Gasteiger partial charge in [-0.1, -0.05) is 0 Å². The van der Waals surface area contributed by atoms with E-state index in [1.807, 2.05) is 0 Å². The van der Waals surface area contributed by atoms with Crippen LogP contribution in [0.3, 0.4) is 0 Å². The third-order valence-electron chi connectivity index (χ3n) is 2.46. The largest absolute Gasteiger partial charge is 0.396 e. The SMILES string of the molecule is Nc1nc2c(c(=O)[nH]1)NCN2COC(O)CCO. The van der Waals surface area contributed by atoms with Crippen LogP contribution in [0.25, 0.3) is 0 Å². The summed E-state index contributed by atoms with van der Waals surface area (Å²) in [6.45, 7) is 0.207. The molecule has 6 N–H and O–H groups in total. The zero-order chi connectivity index (χ0) is 13.1. The number of anilines is 3. The summed E-state index contributed by atoms with van der Waals surface area (Å²) in [5.74, 6) is 0.399. The number of hydrogen-bond donors (Lipinski definition) is 5.